The lowest BCUT2D eigenvalue weighted by Crippen LogP contribution is -2.37. The van der Waals surface area contributed by atoms with Crippen molar-refractivity contribution in [2.75, 3.05) is 19.7 Å². The molecule has 0 saturated carbocycles. The van der Waals surface area contributed by atoms with E-state index in [0.717, 1.165) is 10.8 Å². The van der Waals surface area contributed by atoms with E-state index in [-0.39, 0.29) is 12.5 Å². The van der Waals surface area contributed by atoms with E-state index < -0.39 is 12.1 Å². The van der Waals surface area contributed by atoms with Crippen molar-refractivity contribution in [3.63, 3.8) is 0 Å². The Morgan fingerprint density at radius 2 is 1.52 bits per heavy atom. The molecule has 0 fully saturated rings. The van der Waals surface area contributed by atoms with E-state index in [0.29, 0.717) is 24.4 Å². The maximum atomic E-state index is 12.9. The molecule has 5 heteroatoms. The molecular weight excluding hydrogens is 366 g/mol. The predicted molar refractivity (Wildman–Crippen MR) is 113 cm³/mol. The molecule has 0 heterocycles. The molecule has 1 amide bonds. The zero-order valence-corrected chi connectivity index (χ0v) is 16.7. The summed E-state index contributed by atoms with van der Waals surface area (Å²) >= 11 is 0. The fourth-order valence-corrected chi connectivity index (χ4v) is 3.15. The molecule has 0 aromatic heterocycles. The summed E-state index contributed by atoms with van der Waals surface area (Å²) in [7, 11) is 0. The maximum Gasteiger partial charge on any atom is 0.345 e. The Balaban J connectivity index is 1.69. The number of ether oxygens (including phenoxy) is 2. The number of likely N-dealkylation sites (N-methyl/N-ethyl adjacent to an activating group) is 1. The average Bonchev–Trinajstić information content (AvgIpc) is 2.77. The minimum Gasteiger partial charge on any atom is -0.482 e. The highest BCUT2D eigenvalue weighted by atomic mass is 16.6. The third-order valence-electron chi connectivity index (χ3n) is 4.73. The van der Waals surface area contributed by atoms with Crippen molar-refractivity contribution in [2.24, 2.45) is 0 Å². The zero-order chi connectivity index (χ0) is 20.6. The first-order valence-corrected chi connectivity index (χ1v) is 9.77. The fourth-order valence-electron chi connectivity index (χ4n) is 3.15. The van der Waals surface area contributed by atoms with Crippen LogP contribution in [-0.4, -0.2) is 36.5 Å². The van der Waals surface area contributed by atoms with Crippen LogP contribution in [0.2, 0.25) is 0 Å². The minimum atomic E-state index is -0.983. The number of benzene rings is 3. The van der Waals surface area contributed by atoms with Gasteiger partial charge >= 0.3 is 5.97 Å². The first-order valence-electron chi connectivity index (χ1n) is 9.77. The number of hydrogen-bond acceptors (Lipinski definition) is 4. The van der Waals surface area contributed by atoms with Gasteiger partial charge in [0.1, 0.15) is 5.75 Å². The standard InChI is InChI=1S/C24H25NO4/c1-3-25(4-2)24(27)23(19-11-6-5-7-12-19)29-22(26)17-28-21-15-14-18-10-8-9-13-20(18)16-21/h5-16,23H,3-4,17H2,1-2H3/t23-/m1/s1. The van der Waals surface area contributed by atoms with E-state index in [1.54, 1.807) is 17.0 Å². The number of hydrogen-bond donors (Lipinski definition) is 0. The minimum absolute atomic E-state index is 0.236. The van der Waals surface area contributed by atoms with Gasteiger partial charge in [0.25, 0.3) is 5.91 Å². The van der Waals surface area contributed by atoms with Crippen molar-refractivity contribution in [1.29, 1.82) is 0 Å². The summed E-state index contributed by atoms with van der Waals surface area (Å²) in [6.45, 7) is 4.61. The number of rotatable bonds is 8. The molecule has 0 saturated heterocycles. The fraction of sp³-hybridized carbons (Fsp3) is 0.250. The number of amides is 1. The number of nitrogens with zero attached hydrogens (tertiary/aromatic N) is 1. The van der Waals surface area contributed by atoms with Gasteiger partial charge in [-0.25, -0.2) is 4.79 Å². The normalized spacial score (nSPS) is 11.7. The van der Waals surface area contributed by atoms with Gasteiger partial charge in [0, 0.05) is 18.7 Å². The van der Waals surface area contributed by atoms with Crippen LogP contribution in [0.5, 0.6) is 5.75 Å². The van der Waals surface area contributed by atoms with Crippen LogP contribution in [0.1, 0.15) is 25.5 Å². The molecule has 0 aliphatic heterocycles. The molecular formula is C24H25NO4. The smallest absolute Gasteiger partial charge is 0.345 e. The molecule has 0 unspecified atom stereocenters. The molecule has 0 spiro atoms. The van der Waals surface area contributed by atoms with Gasteiger partial charge in [-0.2, -0.15) is 0 Å². The van der Waals surface area contributed by atoms with Crippen molar-refractivity contribution in [2.45, 2.75) is 20.0 Å². The van der Waals surface area contributed by atoms with Crippen LogP contribution in [0, 0.1) is 0 Å². The summed E-state index contributed by atoms with van der Waals surface area (Å²) in [5.74, 6) is -0.250. The van der Waals surface area contributed by atoms with Crippen molar-refractivity contribution in [1.82, 2.24) is 4.90 Å². The lowest BCUT2D eigenvalue weighted by molar-refractivity contribution is -0.162. The molecule has 0 aliphatic carbocycles. The molecule has 1 atom stereocenters. The van der Waals surface area contributed by atoms with Gasteiger partial charge in [-0.1, -0.05) is 60.7 Å². The Kier molecular flexibility index (Phi) is 6.85. The van der Waals surface area contributed by atoms with Crippen LogP contribution >= 0.6 is 0 Å². The summed E-state index contributed by atoms with van der Waals surface area (Å²) in [6, 6.07) is 22.6. The molecule has 0 aliphatic rings. The van der Waals surface area contributed by atoms with Crippen LogP contribution in [0.3, 0.4) is 0 Å². The van der Waals surface area contributed by atoms with Crippen LogP contribution < -0.4 is 4.74 Å². The summed E-state index contributed by atoms with van der Waals surface area (Å²) in [4.78, 5) is 27.0. The maximum absolute atomic E-state index is 12.9. The predicted octanol–water partition coefficient (Wildman–Crippen LogP) is 4.37. The van der Waals surface area contributed by atoms with E-state index in [9.17, 15) is 9.59 Å². The Labute approximate surface area is 170 Å². The number of esters is 1. The van der Waals surface area contributed by atoms with E-state index >= 15 is 0 Å². The Morgan fingerprint density at radius 3 is 2.21 bits per heavy atom. The van der Waals surface area contributed by atoms with E-state index in [1.807, 2.05) is 74.5 Å². The highest BCUT2D eigenvalue weighted by molar-refractivity contribution is 5.86. The molecule has 0 bridgehead atoms. The summed E-state index contributed by atoms with van der Waals surface area (Å²) in [5, 5.41) is 2.12. The lowest BCUT2D eigenvalue weighted by atomic mass is 10.1. The van der Waals surface area contributed by atoms with E-state index in [4.69, 9.17) is 9.47 Å². The zero-order valence-electron chi connectivity index (χ0n) is 16.7. The molecule has 5 nitrogen and oxygen atoms in total. The summed E-state index contributed by atoms with van der Waals surface area (Å²) in [5.41, 5.74) is 0.642. The highest BCUT2D eigenvalue weighted by Gasteiger charge is 2.28. The molecule has 29 heavy (non-hydrogen) atoms. The molecule has 3 rings (SSSR count). The van der Waals surface area contributed by atoms with Crippen LogP contribution in [0.4, 0.5) is 0 Å². The van der Waals surface area contributed by atoms with Gasteiger partial charge in [0.15, 0.2) is 6.61 Å². The van der Waals surface area contributed by atoms with Gasteiger partial charge in [-0.3, -0.25) is 4.79 Å². The monoisotopic (exact) mass is 391 g/mol. The molecule has 3 aromatic rings. The quantitative estimate of drug-likeness (QED) is 0.535. The molecule has 3 aromatic carbocycles. The second-order valence-electron chi connectivity index (χ2n) is 6.59. The van der Waals surface area contributed by atoms with Gasteiger partial charge in [-0.05, 0) is 36.8 Å². The number of fused-ring (bicyclic) bond motifs is 1. The lowest BCUT2D eigenvalue weighted by Gasteiger charge is -2.25. The van der Waals surface area contributed by atoms with Crippen molar-refractivity contribution in [3.05, 3.63) is 78.4 Å². The van der Waals surface area contributed by atoms with Crippen molar-refractivity contribution < 1.29 is 19.1 Å². The first-order chi connectivity index (χ1) is 14.1. The molecule has 0 radical (unpaired) electrons. The highest BCUT2D eigenvalue weighted by Crippen LogP contribution is 2.22. The summed E-state index contributed by atoms with van der Waals surface area (Å²) in [6.07, 6.45) is -0.983. The Bertz CT molecular complexity index is 967. The second kappa shape index (κ2) is 9.73. The topological polar surface area (TPSA) is 55.8 Å². The number of carbonyl (C=O) groups is 2. The van der Waals surface area contributed by atoms with Gasteiger partial charge in [0.2, 0.25) is 6.10 Å². The molecule has 0 N–H and O–H groups in total. The van der Waals surface area contributed by atoms with E-state index in [1.165, 1.54) is 0 Å². The Hall–Kier alpha value is -3.34. The van der Waals surface area contributed by atoms with Crippen molar-refractivity contribution >= 4 is 22.6 Å². The molecule has 150 valence electrons. The number of carbonyl (C=O) groups excluding carboxylic acids is 2. The van der Waals surface area contributed by atoms with E-state index in [2.05, 4.69) is 0 Å². The van der Waals surface area contributed by atoms with Gasteiger partial charge < -0.3 is 14.4 Å². The average molecular weight is 391 g/mol. The van der Waals surface area contributed by atoms with Crippen LogP contribution in [-0.2, 0) is 14.3 Å². The van der Waals surface area contributed by atoms with Crippen LogP contribution in [0.25, 0.3) is 10.8 Å². The van der Waals surface area contributed by atoms with Gasteiger partial charge in [0.05, 0.1) is 0 Å². The van der Waals surface area contributed by atoms with Crippen molar-refractivity contribution in [3.8, 4) is 5.75 Å². The SMILES string of the molecule is CCN(CC)C(=O)[C@H](OC(=O)COc1ccc2ccccc2c1)c1ccccc1. The second-order valence-corrected chi connectivity index (χ2v) is 6.59. The largest absolute Gasteiger partial charge is 0.482 e. The Morgan fingerprint density at radius 1 is 0.862 bits per heavy atom. The van der Waals surface area contributed by atoms with Crippen LogP contribution in [0.15, 0.2) is 72.8 Å². The first kappa shape index (κ1) is 20.4. The third-order valence-corrected chi connectivity index (χ3v) is 4.73. The summed E-state index contributed by atoms with van der Waals surface area (Å²) < 4.78 is 11.1. The third kappa shape index (κ3) is 5.13. The van der Waals surface area contributed by atoms with Gasteiger partial charge in [-0.15, -0.1) is 0 Å².